The largest absolute Gasteiger partial charge is 0.446 e. The molecule has 1 aliphatic carbocycles. The van der Waals surface area contributed by atoms with Gasteiger partial charge in [-0.05, 0) is 44.2 Å². The van der Waals surface area contributed by atoms with Crippen molar-refractivity contribution in [2.75, 3.05) is 5.32 Å². The highest BCUT2D eigenvalue weighted by molar-refractivity contribution is 6.29. The summed E-state index contributed by atoms with van der Waals surface area (Å²) >= 11 is 5.79. The number of carbonyl (C=O) groups excluding carboxylic acids is 1. The maximum Gasteiger partial charge on any atom is 0.413 e. The van der Waals surface area contributed by atoms with E-state index in [2.05, 4.69) is 10.3 Å². The minimum Gasteiger partial charge on any atom is -0.446 e. The molecule has 0 bridgehead atoms. The van der Waals surface area contributed by atoms with Crippen LogP contribution in [0.25, 0.3) is 0 Å². The van der Waals surface area contributed by atoms with Crippen LogP contribution in [0.2, 0.25) is 5.15 Å². The van der Waals surface area contributed by atoms with Gasteiger partial charge < -0.3 is 4.74 Å². The van der Waals surface area contributed by atoms with Gasteiger partial charge in [0.1, 0.15) is 17.1 Å². The predicted molar refractivity (Wildman–Crippen MR) is 71.0 cm³/mol. The normalized spacial score (nSPS) is 16.3. The van der Waals surface area contributed by atoms with Gasteiger partial charge in [0.15, 0.2) is 0 Å². The molecule has 0 aromatic carbocycles. The number of ether oxygens (including phenoxy) is 1. The summed E-state index contributed by atoms with van der Waals surface area (Å²) in [6.45, 7) is 1.86. The van der Waals surface area contributed by atoms with Crippen molar-refractivity contribution in [1.29, 1.82) is 0 Å². The van der Waals surface area contributed by atoms with Crippen LogP contribution in [0, 0.1) is 6.92 Å². The molecule has 0 spiro atoms. The monoisotopic (exact) mass is 268 g/mol. The second kappa shape index (κ2) is 6.05. The van der Waals surface area contributed by atoms with Crippen molar-refractivity contribution in [1.82, 2.24) is 4.98 Å². The van der Waals surface area contributed by atoms with Crippen molar-refractivity contribution in [3.8, 4) is 0 Å². The van der Waals surface area contributed by atoms with Gasteiger partial charge in [-0.2, -0.15) is 0 Å². The first kappa shape index (κ1) is 13.1. The lowest BCUT2D eigenvalue weighted by atomic mass is 9.98. The van der Waals surface area contributed by atoms with Crippen LogP contribution in [0.15, 0.2) is 12.1 Å². The standard InChI is InChI=1S/C13H17ClN2O2/c1-9-7-8-11(14)15-12(9)16-13(17)18-10-5-3-2-4-6-10/h7-8,10H,2-6H2,1H3,(H,15,16,17). The fraction of sp³-hybridized carbons (Fsp3) is 0.538. The molecule has 5 heteroatoms. The zero-order valence-electron chi connectivity index (χ0n) is 10.4. The van der Waals surface area contributed by atoms with Crippen LogP contribution in [-0.2, 0) is 4.74 Å². The van der Waals surface area contributed by atoms with Gasteiger partial charge in [0.2, 0.25) is 0 Å². The Hall–Kier alpha value is -1.29. The summed E-state index contributed by atoms with van der Waals surface area (Å²) in [6, 6.07) is 3.50. The molecule has 98 valence electrons. The molecule has 4 nitrogen and oxygen atoms in total. The predicted octanol–water partition coefficient (Wildman–Crippen LogP) is 3.92. The van der Waals surface area contributed by atoms with Gasteiger partial charge in [0.25, 0.3) is 0 Å². The van der Waals surface area contributed by atoms with Crippen LogP contribution < -0.4 is 5.32 Å². The van der Waals surface area contributed by atoms with E-state index in [9.17, 15) is 4.79 Å². The van der Waals surface area contributed by atoms with Gasteiger partial charge in [-0.1, -0.05) is 24.1 Å². The van der Waals surface area contributed by atoms with Crippen LogP contribution >= 0.6 is 11.6 Å². The highest BCUT2D eigenvalue weighted by Gasteiger charge is 2.18. The fourth-order valence-electron chi connectivity index (χ4n) is 2.09. The SMILES string of the molecule is Cc1ccc(Cl)nc1NC(=O)OC1CCCCC1. The van der Waals surface area contributed by atoms with E-state index in [1.165, 1.54) is 6.42 Å². The van der Waals surface area contributed by atoms with E-state index in [4.69, 9.17) is 16.3 Å². The molecule has 1 heterocycles. The number of hydrogen-bond acceptors (Lipinski definition) is 3. The van der Waals surface area contributed by atoms with Gasteiger partial charge in [-0.25, -0.2) is 9.78 Å². The first-order chi connectivity index (χ1) is 8.65. The summed E-state index contributed by atoms with van der Waals surface area (Å²) in [7, 11) is 0. The summed E-state index contributed by atoms with van der Waals surface area (Å²) in [5, 5.41) is 3.00. The number of nitrogens with one attached hydrogen (secondary N) is 1. The molecule has 0 aliphatic heterocycles. The molecule has 0 atom stereocenters. The van der Waals surface area contributed by atoms with Gasteiger partial charge in [-0.3, -0.25) is 5.32 Å². The number of anilines is 1. The highest BCUT2D eigenvalue weighted by atomic mass is 35.5. The average Bonchev–Trinajstić information content (AvgIpc) is 2.35. The lowest BCUT2D eigenvalue weighted by molar-refractivity contribution is 0.0864. The zero-order chi connectivity index (χ0) is 13.0. The fourth-order valence-corrected chi connectivity index (χ4v) is 2.24. The van der Waals surface area contributed by atoms with Gasteiger partial charge >= 0.3 is 6.09 Å². The maximum absolute atomic E-state index is 11.7. The van der Waals surface area contributed by atoms with Crippen molar-refractivity contribution in [2.24, 2.45) is 0 Å². The van der Waals surface area contributed by atoms with Crippen molar-refractivity contribution in [3.63, 3.8) is 0 Å². The Kier molecular flexibility index (Phi) is 4.42. The Morgan fingerprint density at radius 3 is 2.83 bits per heavy atom. The van der Waals surface area contributed by atoms with Crippen LogP contribution in [-0.4, -0.2) is 17.2 Å². The lowest BCUT2D eigenvalue weighted by Crippen LogP contribution is -2.25. The Labute approximate surface area is 112 Å². The molecule has 1 amide bonds. The third-order valence-electron chi connectivity index (χ3n) is 3.11. The lowest BCUT2D eigenvalue weighted by Gasteiger charge is -2.21. The Morgan fingerprint density at radius 2 is 2.11 bits per heavy atom. The minimum atomic E-state index is -0.445. The number of carbonyl (C=O) groups is 1. The van der Waals surface area contributed by atoms with E-state index in [-0.39, 0.29) is 6.10 Å². The Bertz CT molecular complexity index is 431. The first-order valence-electron chi connectivity index (χ1n) is 6.26. The smallest absolute Gasteiger partial charge is 0.413 e. The molecule has 0 radical (unpaired) electrons. The molecule has 1 N–H and O–H groups in total. The molecular weight excluding hydrogens is 252 g/mol. The third kappa shape index (κ3) is 3.60. The van der Waals surface area contributed by atoms with Crippen LogP contribution in [0.3, 0.4) is 0 Å². The molecule has 0 saturated heterocycles. The quantitative estimate of drug-likeness (QED) is 0.827. The van der Waals surface area contributed by atoms with Crippen molar-refractivity contribution in [2.45, 2.75) is 45.1 Å². The van der Waals surface area contributed by atoms with Crippen LogP contribution in [0.1, 0.15) is 37.7 Å². The van der Waals surface area contributed by atoms with Crippen molar-refractivity contribution in [3.05, 3.63) is 22.8 Å². The summed E-state index contributed by atoms with van der Waals surface area (Å²) in [4.78, 5) is 15.8. The van der Waals surface area contributed by atoms with Crippen LogP contribution in [0.4, 0.5) is 10.6 Å². The number of hydrogen-bond donors (Lipinski definition) is 1. The van der Waals surface area contributed by atoms with Gasteiger partial charge in [-0.15, -0.1) is 0 Å². The molecular formula is C13H17ClN2O2. The molecule has 1 aromatic heterocycles. The van der Waals surface area contributed by atoms with Crippen molar-refractivity contribution >= 4 is 23.5 Å². The number of aromatic nitrogens is 1. The highest BCUT2D eigenvalue weighted by Crippen LogP contribution is 2.21. The molecule has 2 rings (SSSR count). The van der Waals surface area contributed by atoms with E-state index in [0.717, 1.165) is 31.2 Å². The second-order valence-electron chi connectivity index (χ2n) is 4.59. The average molecular weight is 269 g/mol. The van der Waals surface area contributed by atoms with E-state index in [1.54, 1.807) is 6.07 Å². The van der Waals surface area contributed by atoms with E-state index in [1.807, 2.05) is 13.0 Å². The van der Waals surface area contributed by atoms with Crippen molar-refractivity contribution < 1.29 is 9.53 Å². The summed E-state index contributed by atoms with van der Waals surface area (Å²) in [5.41, 5.74) is 0.861. The van der Waals surface area contributed by atoms with E-state index in [0.29, 0.717) is 11.0 Å². The molecule has 18 heavy (non-hydrogen) atoms. The molecule has 1 aromatic rings. The Morgan fingerprint density at radius 1 is 1.39 bits per heavy atom. The molecule has 0 unspecified atom stereocenters. The minimum absolute atomic E-state index is 0.0400. The number of rotatable bonds is 2. The van der Waals surface area contributed by atoms with E-state index >= 15 is 0 Å². The van der Waals surface area contributed by atoms with Gasteiger partial charge in [0, 0.05) is 0 Å². The number of aryl methyl sites for hydroxylation is 1. The summed E-state index contributed by atoms with van der Waals surface area (Å²) < 4.78 is 5.36. The maximum atomic E-state index is 11.7. The molecule has 1 aliphatic rings. The third-order valence-corrected chi connectivity index (χ3v) is 3.32. The Balaban J connectivity index is 1.92. The molecule has 1 saturated carbocycles. The van der Waals surface area contributed by atoms with E-state index < -0.39 is 6.09 Å². The first-order valence-corrected chi connectivity index (χ1v) is 6.64. The van der Waals surface area contributed by atoms with Gasteiger partial charge in [0.05, 0.1) is 0 Å². The second-order valence-corrected chi connectivity index (χ2v) is 4.98. The summed E-state index contributed by atoms with van der Waals surface area (Å²) in [5.74, 6) is 0.461. The summed E-state index contributed by atoms with van der Waals surface area (Å²) in [6.07, 6.45) is 5.00. The number of amides is 1. The number of halogens is 1. The van der Waals surface area contributed by atoms with Crippen LogP contribution in [0.5, 0.6) is 0 Å². The molecule has 1 fully saturated rings. The number of nitrogens with zero attached hydrogens (tertiary/aromatic N) is 1. The number of pyridine rings is 1. The zero-order valence-corrected chi connectivity index (χ0v) is 11.2. The topological polar surface area (TPSA) is 51.2 Å².